The van der Waals surface area contributed by atoms with E-state index >= 15 is 0 Å². The highest BCUT2D eigenvalue weighted by Crippen LogP contribution is 2.39. The predicted molar refractivity (Wildman–Crippen MR) is 66.7 cm³/mol. The molecule has 1 aliphatic rings. The summed E-state index contributed by atoms with van der Waals surface area (Å²) in [5.74, 6) is 0.977. The molecule has 1 N–H and O–H groups in total. The molecule has 1 aromatic carbocycles. The molecule has 2 atom stereocenters. The average molecular weight is 230 g/mol. The van der Waals surface area contributed by atoms with Crippen molar-refractivity contribution in [3.63, 3.8) is 0 Å². The lowest BCUT2D eigenvalue weighted by atomic mass is 9.78. The van der Waals surface area contributed by atoms with E-state index in [2.05, 4.69) is 25.2 Å². The van der Waals surface area contributed by atoms with Crippen LogP contribution in [0.25, 0.3) is 0 Å². The monoisotopic (exact) mass is 230 g/mol. The summed E-state index contributed by atoms with van der Waals surface area (Å²) < 4.78 is 5.68. The van der Waals surface area contributed by atoms with E-state index in [9.17, 15) is 5.26 Å². The maximum absolute atomic E-state index is 9.62. The fourth-order valence-electron chi connectivity index (χ4n) is 2.33. The normalized spacial score (nSPS) is 26.8. The molecule has 0 aromatic heterocycles. The Morgan fingerprint density at radius 1 is 1.53 bits per heavy atom. The van der Waals surface area contributed by atoms with E-state index < -0.39 is 5.54 Å². The van der Waals surface area contributed by atoms with Gasteiger partial charge in [-0.1, -0.05) is 32.0 Å². The van der Waals surface area contributed by atoms with Gasteiger partial charge in [-0.25, -0.2) is 0 Å². The van der Waals surface area contributed by atoms with Crippen LogP contribution in [0, 0.1) is 17.2 Å². The van der Waals surface area contributed by atoms with Crippen molar-refractivity contribution in [2.75, 3.05) is 13.2 Å². The summed E-state index contributed by atoms with van der Waals surface area (Å²) in [7, 11) is 0. The maximum Gasteiger partial charge on any atom is 0.141 e. The van der Waals surface area contributed by atoms with Gasteiger partial charge in [0.25, 0.3) is 0 Å². The molecule has 3 heteroatoms. The summed E-state index contributed by atoms with van der Waals surface area (Å²) in [5, 5.41) is 13.0. The molecule has 1 aromatic rings. The first-order valence-electron chi connectivity index (χ1n) is 6.13. The van der Waals surface area contributed by atoms with Gasteiger partial charge in [0, 0.05) is 11.5 Å². The number of fused-ring (bicyclic) bond motifs is 1. The largest absolute Gasteiger partial charge is 0.493 e. The molecule has 0 spiro atoms. The predicted octanol–water partition coefficient (Wildman–Crippen LogP) is 2.43. The van der Waals surface area contributed by atoms with Crippen LogP contribution in [0.4, 0.5) is 0 Å². The topological polar surface area (TPSA) is 45.0 Å². The van der Waals surface area contributed by atoms with E-state index in [0.29, 0.717) is 6.61 Å². The van der Waals surface area contributed by atoms with Crippen LogP contribution in [0.1, 0.15) is 25.8 Å². The minimum Gasteiger partial charge on any atom is -0.493 e. The molecule has 1 aliphatic heterocycles. The Morgan fingerprint density at radius 2 is 2.29 bits per heavy atom. The van der Waals surface area contributed by atoms with E-state index in [1.54, 1.807) is 0 Å². The van der Waals surface area contributed by atoms with Gasteiger partial charge >= 0.3 is 0 Å². The molecule has 0 radical (unpaired) electrons. The molecule has 90 valence electrons. The van der Waals surface area contributed by atoms with E-state index in [1.165, 1.54) is 0 Å². The minimum absolute atomic E-state index is 0.147. The molecule has 0 saturated heterocycles. The maximum atomic E-state index is 9.62. The fourth-order valence-corrected chi connectivity index (χ4v) is 2.33. The number of hydrogen-bond acceptors (Lipinski definition) is 3. The second-order valence-corrected chi connectivity index (χ2v) is 4.55. The van der Waals surface area contributed by atoms with Gasteiger partial charge in [0.05, 0.1) is 12.7 Å². The SMILES string of the molecule is CCCNC1(C#N)c2ccccc2OCC1C. The number of ether oxygens (including phenoxy) is 1. The Kier molecular flexibility index (Phi) is 3.35. The first-order chi connectivity index (χ1) is 8.24. The van der Waals surface area contributed by atoms with Crippen LogP contribution < -0.4 is 10.1 Å². The molecule has 1 heterocycles. The van der Waals surface area contributed by atoms with Crippen LogP contribution >= 0.6 is 0 Å². The molecule has 0 aliphatic carbocycles. The number of nitrogens with one attached hydrogen (secondary N) is 1. The quantitative estimate of drug-likeness (QED) is 0.867. The highest BCUT2D eigenvalue weighted by molar-refractivity contribution is 5.45. The van der Waals surface area contributed by atoms with Gasteiger partial charge in [0.2, 0.25) is 0 Å². The number of benzene rings is 1. The van der Waals surface area contributed by atoms with Gasteiger partial charge in [0.1, 0.15) is 11.3 Å². The van der Waals surface area contributed by atoms with Gasteiger partial charge in [0.15, 0.2) is 0 Å². The number of rotatable bonds is 3. The lowest BCUT2D eigenvalue weighted by Gasteiger charge is -2.39. The molecule has 3 nitrogen and oxygen atoms in total. The molecular formula is C14H18N2O. The number of nitrogens with zero attached hydrogens (tertiary/aromatic N) is 1. The van der Waals surface area contributed by atoms with Crippen molar-refractivity contribution >= 4 is 0 Å². The Labute approximate surface area is 102 Å². The number of nitriles is 1. The van der Waals surface area contributed by atoms with E-state index in [0.717, 1.165) is 24.3 Å². The molecular weight excluding hydrogens is 212 g/mol. The smallest absolute Gasteiger partial charge is 0.141 e. The summed E-state index contributed by atoms with van der Waals surface area (Å²) in [6.07, 6.45) is 1.01. The van der Waals surface area contributed by atoms with Gasteiger partial charge < -0.3 is 4.74 Å². The Bertz CT molecular complexity index is 438. The van der Waals surface area contributed by atoms with Crippen LogP contribution in [0.2, 0.25) is 0 Å². The molecule has 17 heavy (non-hydrogen) atoms. The third kappa shape index (κ3) is 1.89. The lowest BCUT2D eigenvalue weighted by molar-refractivity contribution is 0.150. The summed E-state index contributed by atoms with van der Waals surface area (Å²) in [6, 6.07) is 10.3. The van der Waals surface area contributed by atoms with Crippen molar-refractivity contribution in [2.24, 2.45) is 5.92 Å². The van der Waals surface area contributed by atoms with Gasteiger partial charge in [-0.2, -0.15) is 5.26 Å². The zero-order valence-electron chi connectivity index (χ0n) is 10.4. The average Bonchev–Trinajstić information content (AvgIpc) is 2.38. The summed E-state index contributed by atoms with van der Waals surface area (Å²) >= 11 is 0. The summed E-state index contributed by atoms with van der Waals surface area (Å²) in [4.78, 5) is 0. The highest BCUT2D eigenvalue weighted by Gasteiger charge is 2.43. The van der Waals surface area contributed by atoms with Gasteiger partial charge in [-0.3, -0.25) is 5.32 Å². The molecule has 0 saturated carbocycles. The zero-order valence-corrected chi connectivity index (χ0v) is 10.4. The second-order valence-electron chi connectivity index (χ2n) is 4.55. The molecule has 0 amide bonds. The van der Waals surface area contributed by atoms with E-state index in [1.807, 2.05) is 24.3 Å². The van der Waals surface area contributed by atoms with Crippen molar-refractivity contribution in [1.82, 2.24) is 5.32 Å². The van der Waals surface area contributed by atoms with Crippen LogP contribution in [-0.2, 0) is 5.54 Å². The highest BCUT2D eigenvalue weighted by atomic mass is 16.5. The molecule has 0 fully saturated rings. The number of hydrogen-bond donors (Lipinski definition) is 1. The molecule has 2 unspecified atom stereocenters. The zero-order chi connectivity index (χ0) is 12.3. The summed E-state index contributed by atoms with van der Waals surface area (Å²) in [5.41, 5.74) is 0.361. The van der Waals surface area contributed by atoms with Crippen LogP contribution in [0.15, 0.2) is 24.3 Å². The third-order valence-corrected chi connectivity index (χ3v) is 3.37. The van der Waals surface area contributed by atoms with Crippen LogP contribution in [-0.4, -0.2) is 13.2 Å². The molecule has 2 rings (SSSR count). The first kappa shape index (κ1) is 11.9. The lowest BCUT2D eigenvalue weighted by Crippen LogP contribution is -2.51. The minimum atomic E-state index is -0.606. The standard InChI is InChI=1S/C14H18N2O/c1-3-8-16-14(10-15)11(2)9-17-13-7-5-4-6-12(13)14/h4-7,11,16H,3,8-9H2,1-2H3. The second kappa shape index (κ2) is 4.77. The first-order valence-corrected chi connectivity index (χ1v) is 6.13. The van der Waals surface area contributed by atoms with Gasteiger partial charge in [-0.15, -0.1) is 0 Å². The Balaban J connectivity index is 2.46. The van der Waals surface area contributed by atoms with Crippen LogP contribution in [0.5, 0.6) is 5.75 Å². The van der Waals surface area contributed by atoms with E-state index in [4.69, 9.17) is 4.74 Å². The van der Waals surface area contributed by atoms with Crippen LogP contribution in [0.3, 0.4) is 0 Å². The Morgan fingerprint density at radius 3 is 3.00 bits per heavy atom. The van der Waals surface area contributed by atoms with E-state index in [-0.39, 0.29) is 5.92 Å². The van der Waals surface area contributed by atoms with Crippen molar-refractivity contribution in [3.8, 4) is 11.8 Å². The Hall–Kier alpha value is -1.53. The fraction of sp³-hybridized carbons (Fsp3) is 0.500. The van der Waals surface area contributed by atoms with Gasteiger partial charge in [-0.05, 0) is 19.0 Å². The molecule has 0 bridgehead atoms. The summed E-state index contributed by atoms with van der Waals surface area (Å²) in [6.45, 7) is 5.59. The van der Waals surface area contributed by atoms with Crippen molar-refractivity contribution < 1.29 is 4.74 Å². The third-order valence-electron chi connectivity index (χ3n) is 3.37. The van der Waals surface area contributed by atoms with Crippen molar-refractivity contribution in [1.29, 1.82) is 5.26 Å². The van der Waals surface area contributed by atoms with Crippen molar-refractivity contribution in [3.05, 3.63) is 29.8 Å². The van der Waals surface area contributed by atoms with Crippen molar-refractivity contribution in [2.45, 2.75) is 25.8 Å². The number of para-hydroxylation sites is 1.